The summed E-state index contributed by atoms with van der Waals surface area (Å²) in [5, 5.41) is 13.2. The van der Waals surface area contributed by atoms with E-state index < -0.39 is 5.92 Å². The van der Waals surface area contributed by atoms with Gasteiger partial charge in [0.05, 0.1) is 12.1 Å². The Morgan fingerprint density at radius 3 is 2.46 bits per heavy atom. The van der Waals surface area contributed by atoms with Crippen LogP contribution in [0.5, 0.6) is 0 Å². The van der Waals surface area contributed by atoms with Crippen molar-refractivity contribution in [3.63, 3.8) is 0 Å². The van der Waals surface area contributed by atoms with Gasteiger partial charge in [0.25, 0.3) is 0 Å². The molecule has 0 spiro atoms. The van der Waals surface area contributed by atoms with Crippen LogP contribution < -0.4 is 5.76 Å². The summed E-state index contributed by atoms with van der Waals surface area (Å²) in [5.74, 6) is -1.23. The van der Waals surface area contributed by atoms with Gasteiger partial charge in [-0.15, -0.1) is 22.7 Å². The summed E-state index contributed by atoms with van der Waals surface area (Å²) in [6.07, 6.45) is 3.30. The van der Waals surface area contributed by atoms with Gasteiger partial charge in [0.15, 0.2) is 5.58 Å². The molecule has 10 heteroatoms. The Morgan fingerprint density at radius 1 is 1.14 bits per heavy atom. The molecule has 4 aromatic rings. The standard InChI is InChI=1S/C27H30N2O6S2/c1-28(12-13-29-21-11-6-18(17-30)16-22(21)33-27(29)32)19-7-9-20(10-8-19)34-35-26(31)25(23-4-2-14-36-23)24-5-3-15-37-24/h2-6,11,14-16,19-20,25,30H,7-10,12-13,17H2,1H3. The third-order valence-corrected chi connectivity index (χ3v) is 8.89. The lowest BCUT2D eigenvalue weighted by Crippen LogP contribution is -2.39. The molecule has 3 heterocycles. The number of carbonyl (C=O) groups excluding carboxylic acids is 1. The normalized spacial score (nSPS) is 18.2. The number of oxazole rings is 1. The number of likely N-dealkylation sites (N-methyl/N-ethyl adjacent to an activating group) is 1. The molecule has 0 aliphatic heterocycles. The van der Waals surface area contributed by atoms with Crippen LogP contribution in [0.15, 0.2) is 62.4 Å². The van der Waals surface area contributed by atoms with Crippen molar-refractivity contribution >= 4 is 39.7 Å². The highest BCUT2D eigenvalue weighted by molar-refractivity contribution is 7.11. The fourth-order valence-electron chi connectivity index (χ4n) is 4.89. The molecule has 1 saturated carbocycles. The highest BCUT2D eigenvalue weighted by atomic mass is 32.1. The number of aliphatic hydroxyl groups excluding tert-OH is 1. The van der Waals surface area contributed by atoms with Crippen molar-refractivity contribution in [2.45, 2.75) is 56.9 Å². The molecular formula is C27H30N2O6S2. The second-order valence-electron chi connectivity index (χ2n) is 9.35. The summed E-state index contributed by atoms with van der Waals surface area (Å²) < 4.78 is 7.00. The topological polar surface area (TPSA) is 94.1 Å². The number of aliphatic hydroxyl groups is 1. The van der Waals surface area contributed by atoms with Crippen molar-refractivity contribution in [1.82, 2.24) is 9.47 Å². The van der Waals surface area contributed by atoms with Crippen molar-refractivity contribution in [1.29, 1.82) is 0 Å². The smallest absolute Gasteiger partial charge is 0.408 e. The third-order valence-electron chi connectivity index (χ3n) is 7.02. The van der Waals surface area contributed by atoms with Gasteiger partial charge in [-0.05, 0) is 73.3 Å². The highest BCUT2D eigenvalue weighted by Crippen LogP contribution is 2.33. The second-order valence-corrected chi connectivity index (χ2v) is 11.3. The molecule has 0 saturated heterocycles. The molecule has 0 atom stereocenters. The Morgan fingerprint density at radius 2 is 1.84 bits per heavy atom. The van der Waals surface area contributed by atoms with E-state index in [9.17, 15) is 14.7 Å². The highest BCUT2D eigenvalue weighted by Gasteiger charge is 2.30. The summed E-state index contributed by atoms with van der Waals surface area (Å²) in [6, 6.07) is 13.4. The zero-order chi connectivity index (χ0) is 25.8. The zero-order valence-electron chi connectivity index (χ0n) is 20.6. The van der Waals surface area contributed by atoms with Gasteiger partial charge in [-0.3, -0.25) is 9.45 Å². The third kappa shape index (κ3) is 5.89. The van der Waals surface area contributed by atoms with Crippen LogP contribution in [-0.4, -0.2) is 46.3 Å². The Bertz CT molecular complexity index is 1320. The Balaban J connectivity index is 1.11. The maximum Gasteiger partial charge on any atom is 0.419 e. The predicted octanol–water partition coefficient (Wildman–Crippen LogP) is 4.76. The number of hydrogen-bond donors (Lipinski definition) is 1. The molecular weight excluding hydrogens is 512 g/mol. The first kappa shape index (κ1) is 25.9. The molecule has 5 rings (SSSR count). The molecule has 1 aliphatic carbocycles. The van der Waals surface area contributed by atoms with Crippen molar-refractivity contribution in [2.75, 3.05) is 13.6 Å². The first-order chi connectivity index (χ1) is 18.0. The average molecular weight is 543 g/mol. The molecule has 0 amide bonds. The predicted molar refractivity (Wildman–Crippen MR) is 143 cm³/mol. The van der Waals surface area contributed by atoms with E-state index in [1.165, 1.54) is 22.7 Å². The van der Waals surface area contributed by atoms with Crippen LogP contribution in [0.3, 0.4) is 0 Å². The number of carbonyl (C=O) groups is 1. The maximum absolute atomic E-state index is 12.9. The minimum absolute atomic E-state index is 0.0942. The number of rotatable bonds is 10. The fraction of sp³-hybridized carbons (Fsp3) is 0.407. The van der Waals surface area contributed by atoms with E-state index in [-0.39, 0.29) is 24.4 Å². The zero-order valence-corrected chi connectivity index (χ0v) is 22.2. The van der Waals surface area contributed by atoms with E-state index in [2.05, 4.69) is 11.9 Å². The first-order valence-corrected chi connectivity index (χ1v) is 14.2. The fourth-order valence-corrected chi connectivity index (χ4v) is 6.63. The van der Waals surface area contributed by atoms with Gasteiger partial charge < -0.3 is 14.4 Å². The lowest BCUT2D eigenvalue weighted by Gasteiger charge is -2.33. The van der Waals surface area contributed by atoms with Crippen molar-refractivity contribution in [3.8, 4) is 0 Å². The van der Waals surface area contributed by atoms with Crippen molar-refractivity contribution in [2.24, 2.45) is 0 Å². The Kier molecular flexibility index (Phi) is 8.21. The quantitative estimate of drug-likeness (QED) is 0.228. The summed E-state index contributed by atoms with van der Waals surface area (Å²) in [7, 11) is 2.07. The monoisotopic (exact) mass is 542 g/mol. The van der Waals surface area contributed by atoms with E-state index in [0.717, 1.165) is 41.0 Å². The van der Waals surface area contributed by atoms with Crippen LogP contribution in [-0.2, 0) is 27.7 Å². The number of nitrogens with zero attached hydrogens (tertiary/aromatic N) is 2. The molecule has 1 fully saturated rings. The summed E-state index contributed by atoms with van der Waals surface area (Å²) in [6.45, 7) is 1.12. The average Bonchev–Trinajstić information content (AvgIpc) is 3.69. The molecule has 8 nitrogen and oxygen atoms in total. The number of benzene rings is 1. The Labute approximate surface area is 222 Å². The van der Waals surface area contributed by atoms with E-state index in [4.69, 9.17) is 14.2 Å². The molecule has 0 radical (unpaired) electrons. The van der Waals surface area contributed by atoms with Crippen LogP contribution in [0.2, 0.25) is 0 Å². The second kappa shape index (κ2) is 11.7. The molecule has 0 bridgehead atoms. The van der Waals surface area contributed by atoms with E-state index in [0.29, 0.717) is 30.3 Å². The van der Waals surface area contributed by atoms with E-state index >= 15 is 0 Å². The van der Waals surface area contributed by atoms with Crippen LogP contribution in [0.1, 0.15) is 46.9 Å². The summed E-state index contributed by atoms with van der Waals surface area (Å²) in [5.41, 5.74) is 1.94. The van der Waals surface area contributed by atoms with Crippen molar-refractivity contribution < 1.29 is 24.1 Å². The van der Waals surface area contributed by atoms with Crippen molar-refractivity contribution in [3.05, 3.63) is 79.1 Å². The van der Waals surface area contributed by atoms with Gasteiger partial charge in [-0.2, -0.15) is 4.89 Å². The van der Waals surface area contributed by atoms with Gasteiger partial charge in [-0.1, -0.05) is 18.2 Å². The molecule has 1 N–H and O–H groups in total. The number of thiophene rings is 2. The van der Waals surface area contributed by atoms with Gasteiger partial charge >= 0.3 is 11.7 Å². The van der Waals surface area contributed by atoms with Crippen LogP contribution in [0.25, 0.3) is 11.1 Å². The largest absolute Gasteiger partial charge is 0.419 e. The first-order valence-electron chi connectivity index (χ1n) is 12.4. The SMILES string of the molecule is CN(CCn1c(=O)oc2cc(CO)ccc21)C1CCC(OOC(=O)C(c2cccs2)c2cccs2)CC1. The molecule has 3 aromatic heterocycles. The van der Waals surface area contributed by atoms with Crippen LogP contribution in [0.4, 0.5) is 0 Å². The number of aromatic nitrogens is 1. The number of hydrogen-bond acceptors (Lipinski definition) is 9. The van der Waals surface area contributed by atoms with Crippen LogP contribution >= 0.6 is 22.7 Å². The minimum Gasteiger partial charge on any atom is -0.408 e. The maximum atomic E-state index is 12.9. The molecule has 37 heavy (non-hydrogen) atoms. The van der Waals surface area contributed by atoms with Gasteiger partial charge in [-0.25, -0.2) is 9.59 Å². The summed E-state index contributed by atoms with van der Waals surface area (Å²) in [4.78, 5) is 40.4. The molecule has 1 aliphatic rings. The molecule has 1 aromatic carbocycles. The molecule has 196 valence electrons. The van der Waals surface area contributed by atoms with E-state index in [1.54, 1.807) is 16.7 Å². The summed E-state index contributed by atoms with van der Waals surface area (Å²) >= 11 is 3.07. The number of fused-ring (bicyclic) bond motifs is 1. The lowest BCUT2D eigenvalue weighted by atomic mass is 9.92. The van der Waals surface area contributed by atoms with Gasteiger partial charge in [0, 0.05) is 28.9 Å². The molecule has 0 unspecified atom stereocenters. The van der Waals surface area contributed by atoms with Crippen LogP contribution in [0, 0.1) is 0 Å². The Hall–Kier alpha value is -2.76. The van der Waals surface area contributed by atoms with E-state index in [1.807, 2.05) is 41.1 Å². The minimum atomic E-state index is -0.458. The van der Waals surface area contributed by atoms with Gasteiger partial charge in [0.1, 0.15) is 12.0 Å². The van der Waals surface area contributed by atoms with Gasteiger partial charge in [0.2, 0.25) is 0 Å². The lowest BCUT2D eigenvalue weighted by molar-refractivity contribution is -0.303.